The average Bonchev–Trinajstić information content (AvgIpc) is 3.10. The molecule has 3 aliphatic rings. The Kier molecular flexibility index (Phi) is 8.79. The van der Waals surface area contributed by atoms with Crippen molar-refractivity contribution in [3.05, 3.63) is 123 Å². The molecule has 4 amide bonds. The summed E-state index contributed by atoms with van der Waals surface area (Å²) in [6.07, 6.45) is 4.13. The van der Waals surface area contributed by atoms with Gasteiger partial charge in [-0.05, 0) is 93.4 Å². The Morgan fingerprint density at radius 1 is 0.875 bits per heavy atom. The Balaban J connectivity index is 1.35. The van der Waals surface area contributed by atoms with Gasteiger partial charge in [0.2, 0.25) is 0 Å². The van der Waals surface area contributed by atoms with Crippen LogP contribution in [0.25, 0.3) is 6.08 Å². The third-order valence-electron chi connectivity index (χ3n) is 9.37. The molecule has 0 saturated carbocycles. The second kappa shape index (κ2) is 13.3. The number of imide groups is 2. The molecule has 4 aromatic rings. The number of halogens is 1. The molecule has 244 valence electrons. The number of amides is 4. The molecule has 0 spiro atoms. The normalized spacial score (nSPS) is 19.6. The van der Waals surface area contributed by atoms with Crippen molar-refractivity contribution in [1.82, 2.24) is 5.32 Å². The molecule has 48 heavy (non-hydrogen) atoms. The third-order valence-corrected chi connectivity index (χ3v) is 9.96. The third kappa shape index (κ3) is 5.76. The summed E-state index contributed by atoms with van der Waals surface area (Å²) in [5.74, 6) is -0.271. The van der Waals surface area contributed by atoms with Crippen molar-refractivity contribution in [1.29, 1.82) is 0 Å². The maximum absolute atomic E-state index is 14.2. The summed E-state index contributed by atoms with van der Waals surface area (Å²) in [5.41, 5.74) is 6.55. The van der Waals surface area contributed by atoms with Crippen LogP contribution in [0.4, 0.5) is 16.2 Å². The number of nitrogens with zero attached hydrogens (tertiary/aromatic N) is 2. The summed E-state index contributed by atoms with van der Waals surface area (Å²) < 4.78 is 12.0. The molecule has 1 saturated heterocycles. The summed E-state index contributed by atoms with van der Waals surface area (Å²) in [7, 11) is 1.53. The van der Waals surface area contributed by atoms with Gasteiger partial charge in [0.25, 0.3) is 11.8 Å². The van der Waals surface area contributed by atoms with Gasteiger partial charge in [-0.15, -0.1) is 0 Å². The van der Waals surface area contributed by atoms with Crippen molar-refractivity contribution in [2.24, 2.45) is 0 Å². The van der Waals surface area contributed by atoms with Crippen LogP contribution < -0.4 is 24.6 Å². The maximum Gasteiger partial charge on any atom is 0.335 e. The summed E-state index contributed by atoms with van der Waals surface area (Å²) in [6, 6.07) is 27.4. The van der Waals surface area contributed by atoms with Crippen molar-refractivity contribution in [3.8, 4) is 11.5 Å². The average molecular weight is 707 g/mol. The van der Waals surface area contributed by atoms with Gasteiger partial charge in [-0.3, -0.25) is 14.9 Å². The Labute approximate surface area is 288 Å². The standard InChI is InChI=1S/C39H36BrN3O5/c1-3-18-48-36-33(40)20-24(21-34(36)47-2)19-32-37(44)41-39(46)43(38(32)45)27-22-30-28(25-10-6-4-7-11-25)14-16-42-17-15-29(31(23-27)35(30)42)26-12-8-5-9-13-26/h4-13,19-23,28-29H,3,14-18H2,1-2H3,(H,41,44,46)/b32-19+/t28-,29-/m1/s1. The van der Waals surface area contributed by atoms with Gasteiger partial charge in [0.1, 0.15) is 5.57 Å². The fourth-order valence-electron chi connectivity index (χ4n) is 7.19. The molecule has 0 unspecified atom stereocenters. The predicted octanol–water partition coefficient (Wildman–Crippen LogP) is 7.79. The van der Waals surface area contributed by atoms with Crippen LogP contribution in [-0.2, 0) is 9.59 Å². The number of hydrogen-bond donors (Lipinski definition) is 1. The van der Waals surface area contributed by atoms with Crippen molar-refractivity contribution < 1.29 is 23.9 Å². The van der Waals surface area contributed by atoms with Crippen molar-refractivity contribution >= 4 is 51.2 Å². The minimum absolute atomic E-state index is 0.0866. The van der Waals surface area contributed by atoms with E-state index in [0.717, 1.165) is 48.4 Å². The van der Waals surface area contributed by atoms with Crippen molar-refractivity contribution in [2.45, 2.75) is 38.0 Å². The van der Waals surface area contributed by atoms with Gasteiger partial charge in [-0.2, -0.15) is 0 Å². The first-order chi connectivity index (χ1) is 23.4. The molecule has 2 atom stereocenters. The minimum Gasteiger partial charge on any atom is -0.493 e. The summed E-state index contributed by atoms with van der Waals surface area (Å²) >= 11 is 3.54. The van der Waals surface area contributed by atoms with Crippen LogP contribution in [0.5, 0.6) is 11.5 Å². The van der Waals surface area contributed by atoms with Gasteiger partial charge in [-0.25, -0.2) is 9.69 Å². The topological polar surface area (TPSA) is 88.2 Å². The Hall–Kier alpha value is -4.89. The molecule has 9 heteroatoms. The number of carbonyl (C=O) groups is 3. The van der Waals surface area contributed by atoms with E-state index in [1.54, 1.807) is 12.1 Å². The molecule has 3 aliphatic heterocycles. The number of urea groups is 1. The number of carbonyl (C=O) groups excluding carboxylic acids is 3. The number of hydrogen-bond acceptors (Lipinski definition) is 6. The Morgan fingerprint density at radius 3 is 2.04 bits per heavy atom. The highest BCUT2D eigenvalue weighted by Gasteiger charge is 2.40. The summed E-state index contributed by atoms with van der Waals surface area (Å²) in [4.78, 5) is 44.6. The molecule has 1 fully saturated rings. The number of methoxy groups -OCH3 is 1. The quantitative estimate of drug-likeness (QED) is 0.149. The lowest BCUT2D eigenvalue weighted by molar-refractivity contribution is -0.122. The van der Waals surface area contributed by atoms with Gasteiger partial charge in [-0.1, -0.05) is 67.6 Å². The van der Waals surface area contributed by atoms with E-state index in [9.17, 15) is 14.4 Å². The summed E-state index contributed by atoms with van der Waals surface area (Å²) in [6.45, 7) is 4.36. The molecule has 1 N–H and O–H groups in total. The van der Waals surface area contributed by atoms with E-state index in [1.165, 1.54) is 30.0 Å². The maximum atomic E-state index is 14.2. The fraction of sp³-hybridized carbons (Fsp3) is 0.256. The van der Waals surface area contributed by atoms with Crippen molar-refractivity contribution in [3.63, 3.8) is 0 Å². The molecule has 0 aliphatic carbocycles. The first kappa shape index (κ1) is 31.7. The van der Waals surface area contributed by atoms with Crippen LogP contribution in [0.1, 0.15) is 65.8 Å². The largest absolute Gasteiger partial charge is 0.493 e. The highest BCUT2D eigenvalue weighted by Crippen LogP contribution is 2.50. The van der Waals surface area contributed by atoms with Crippen LogP contribution in [-0.4, -0.2) is 44.7 Å². The zero-order valence-corrected chi connectivity index (χ0v) is 28.5. The van der Waals surface area contributed by atoms with E-state index in [-0.39, 0.29) is 17.4 Å². The van der Waals surface area contributed by atoms with Crippen LogP contribution in [0.2, 0.25) is 0 Å². The number of benzene rings is 4. The molecule has 4 aromatic carbocycles. The number of anilines is 2. The molecule has 0 bridgehead atoms. The first-order valence-electron chi connectivity index (χ1n) is 16.3. The number of ether oxygens (including phenoxy) is 2. The Bertz CT molecular complexity index is 1850. The Morgan fingerprint density at radius 2 is 1.48 bits per heavy atom. The van der Waals surface area contributed by atoms with Crippen LogP contribution in [0.15, 0.2) is 95.0 Å². The van der Waals surface area contributed by atoms with E-state index >= 15 is 0 Å². The molecule has 3 heterocycles. The van der Waals surface area contributed by atoms with Gasteiger partial charge in [0.15, 0.2) is 11.5 Å². The SMILES string of the molecule is CCCOc1c(Br)cc(/C=C2\C(=O)NC(=O)N(c3cc4c5c(c3)[C@@H](c3ccccc3)CCN5CC[C@@H]4c3ccccc3)C2=O)cc1OC. The predicted molar refractivity (Wildman–Crippen MR) is 190 cm³/mol. The first-order valence-corrected chi connectivity index (χ1v) is 17.1. The molecule has 8 nitrogen and oxygen atoms in total. The number of rotatable bonds is 8. The van der Waals surface area contributed by atoms with Crippen LogP contribution >= 0.6 is 15.9 Å². The molecule has 7 rings (SSSR count). The van der Waals surface area contributed by atoms with Crippen LogP contribution in [0, 0.1) is 0 Å². The van der Waals surface area contributed by atoms with E-state index in [0.29, 0.717) is 33.8 Å². The van der Waals surface area contributed by atoms with Crippen LogP contribution in [0.3, 0.4) is 0 Å². The monoisotopic (exact) mass is 705 g/mol. The molecule has 0 radical (unpaired) electrons. The lowest BCUT2D eigenvalue weighted by atomic mass is 9.76. The highest BCUT2D eigenvalue weighted by molar-refractivity contribution is 9.10. The molecule has 0 aromatic heterocycles. The van der Waals surface area contributed by atoms with Gasteiger partial charge in [0.05, 0.1) is 23.9 Å². The zero-order chi connectivity index (χ0) is 33.4. The second-order valence-electron chi connectivity index (χ2n) is 12.3. The molecular weight excluding hydrogens is 670 g/mol. The zero-order valence-electron chi connectivity index (χ0n) is 26.9. The van der Waals surface area contributed by atoms with E-state index in [1.807, 2.05) is 55.5 Å². The summed E-state index contributed by atoms with van der Waals surface area (Å²) in [5, 5.41) is 2.42. The van der Waals surface area contributed by atoms with E-state index in [4.69, 9.17) is 9.47 Å². The van der Waals surface area contributed by atoms with E-state index in [2.05, 4.69) is 50.4 Å². The highest BCUT2D eigenvalue weighted by atomic mass is 79.9. The number of barbiturate groups is 1. The fourth-order valence-corrected chi connectivity index (χ4v) is 7.77. The van der Waals surface area contributed by atoms with Gasteiger partial charge >= 0.3 is 6.03 Å². The van der Waals surface area contributed by atoms with Crippen molar-refractivity contribution in [2.75, 3.05) is 36.6 Å². The number of nitrogens with one attached hydrogen (secondary N) is 1. The van der Waals surface area contributed by atoms with Gasteiger partial charge in [0, 0.05) is 30.6 Å². The van der Waals surface area contributed by atoms with Gasteiger partial charge < -0.3 is 14.4 Å². The van der Waals surface area contributed by atoms with E-state index < -0.39 is 17.8 Å². The lowest BCUT2D eigenvalue weighted by Gasteiger charge is -2.44. The lowest BCUT2D eigenvalue weighted by Crippen LogP contribution is -2.54. The smallest absolute Gasteiger partial charge is 0.335 e. The second-order valence-corrected chi connectivity index (χ2v) is 13.2. The molecular formula is C39H36BrN3O5. The minimum atomic E-state index is -0.771.